The Bertz CT molecular complexity index is 842. The quantitative estimate of drug-likeness (QED) is 0.754. The number of nitrogens with one attached hydrogen (secondary N) is 1. The van der Waals surface area contributed by atoms with E-state index in [1.807, 2.05) is 67.1 Å². The first-order chi connectivity index (χ1) is 12.1. The highest BCUT2D eigenvalue weighted by molar-refractivity contribution is 5.76. The van der Waals surface area contributed by atoms with Gasteiger partial charge in [-0.1, -0.05) is 36.4 Å². The lowest BCUT2D eigenvalue weighted by atomic mass is 10.1. The Hall–Kier alpha value is -2.95. The summed E-state index contributed by atoms with van der Waals surface area (Å²) in [7, 11) is 0. The number of hydrogen-bond donors (Lipinski definition) is 1. The van der Waals surface area contributed by atoms with Crippen LogP contribution in [0.3, 0.4) is 0 Å². The van der Waals surface area contributed by atoms with Gasteiger partial charge >= 0.3 is 0 Å². The van der Waals surface area contributed by atoms with Crippen LogP contribution in [0.25, 0.3) is 11.4 Å². The van der Waals surface area contributed by atoms with E-state index < -0.39 is 0 Å². The molecule has 2 heterocycles. The highest BCUT2D eigenvalue weighted by Crippen LogP contribution is 2.16. The molecule has 1 atom stereocenters. The molecule has 3 aromatic rings. The van der Waals surface area contributed by atoms with Gasteiger partial charge in [0.2, 0.25) is 5.91 Å². The maximum absolute atomic E-state index is 12.4. The summed E-state index contributed by atoms with van der Waals surface area (Å²) >= 11 is 0. The van der Waals surface area contributed by atoms with Crippen LogP contribution in [-0.4, -0.2) is 26.5 Å². The van der Waals surface area contributed by atoms with Gasteiger partial charge in [-0.25, -0.2) is 4.98 Å². The third-order valence-electron chi connectivity index (χ3n) is 4.09. The number of pyridine rings is 1. The lowest BCUT2D eigenvalue weighted by Crippen LogP contribution is -2.36. The van der Waals surface area contributed by atoms with Crippen LogP contribution in [0.15, 0.2) is 61.1 Å². The fraction of sp³-hybridized carbons (Fsp3) is 0.250. The molecule has 1 unspecified atom stereocenters. The minimum Gasteiger partial charge on any atom is -0.352 e. The number of rotatable bonds is 6. The van der Waals surface area contributed by atoms with Crippen LogP contribution in [0.4, 0.5) is 0 Å². The first kappa shape index (κ1) is 16.9. The number of carbonyl (C=O) groups is 1. The van der Waals surface area contributed by atoms with Crippen molar-refractivity contribution in [2.24, 2.45) is 0 Å². The number of aryl methyl sites for hydroxylation is 1. The molecule has 5 nitrogen and oxygen atoms in total. The normalized spacial score (nSPS) is 11.9. The van der Waals surface area contributed by atoms with Crippen molar-refractivity contribution in [3.8, 4) is 11.4 Å². The Labute approximate surface area is 147 Å². The maximum atomic E-state index is 12.4. The van der Waals surface area contributed by atoms with E-state index in [9.17, 15) is 4.79 Å². The van der Waals surface area contributed by atoms with Crippen molar-refractivity contribution in [2.45, 2.75) is 32.9 Å². The fourth-order valence-electron chi connectivity index (χ4n) is 2.83. The lowest BCUT2D eigenvalue weighted by Gasteiger charge is -2.15. The molecule has 1 aromatic carbocycles. The highest BCUT2D eigenvalue weighted by Gasteiger charge is 2.13. The van der Waals surface area contributed by atoms with Gasteiger partial charge in [-0.3, -0.25) is 9.78 Å². The average Bonchev–Trinajstić information content (AvgIpc) is 3.05. The summed E-state index contributed by atoms with van der Waals surface area (Å²) in [5, 5.41) is 3.05. The minimum atomic E-state index is -0.0312. The molecule has 2 aromatic heterocycles. The summed E-state index contributed by atoms with van der Waals surface area (Å²) in [5.41, 5.74) is 3.16. The second kappa shape index (κ2) is 7.75. The van der Waals surface area contributed by atoms with E-state index >= 15 is 0 Å². The van der Waals surface area contributed by atoms with Gasteiger partial charge in [0.1, 0.15) is 12.4 Å². The third kappa shape index (κ3) is 4.32. The zero-order chi connectivity index (χ0) is 17.6. The molecular formula is C20H22N4O. The molecule has 1 N–H and O–H groups in total. The van der Waals surface area contributed by atoms with E-state index in [1.54, 1.807) is 12.4 Å². The highest BCUT2D eigenvalue weighted by atomic mass is 16.2. The summed E-state index contributed by atoms with van der Waals surface area (Å²) in [4.78, 5) is 21.2. The molecule has 0 fully saturated rings. The molecule has 0 aliphatic carbocycles. The first-order valence-corrected chi connectivity index (χ1v) is 8.40. The van der Waals surface area contributed by atoms with Gasteiger partial charge in [0, 0.05) is 42.3 Å². The SMILES string of the molecule is Cc1cccnc1CC(C)NC(=O)Cn1ccnc1-c1ccccc1. The van der Waals surface area contributed by atoms with Gasteiger partial charge in [0.05, 0.1) is 0 Å². The van der Waals surface area contributed by atoms with Gasteiger partial charge in [0.15, 0.2) is 0 Å². The number of carbonyl (C=O) groups excluding carboxylic acids is 1. The second-order valence-electron chi connectivity index (χ2n) is 6.18. The predicted molar refractivity (Wildman–Crippen MR) is 97.9 cm³/mol. The summed E-state index contributed by atoms with van der Waals surface area (Å²) < 4.78 is 1.86. The Kier molecular flexibility index (Phi) is 5.23. The molecule has 0 saturated carbocycles. The number of nitrogens with zero attached hydrogens (tertiary/aromatic N) is 3. The topological polar surface area (TPSA) is 59.8 Å². The van der Waals surface area contributed by atoms with Crippen LogP contribution in [-0.2, 0) is 17.8 Å². The monoisotopic (exact) mass is 334 g/mol. The van der Waals surface area contributed by atoms with Crippen LogP contribution in [0, 0.1) is 6.92 Å². The van der Waals surface area contributed by atoms with Gasteiger partial charge in [0.25, 0.3) is 0 Å². The molecule has 5 heteroatoms. The van der Waals surface area contributed by atoms with Crippen LogP contribution >= 0.6 is 0 Å². The molecule has 1 amide bonds. The van der Waals surface area contributed by atoms with E-state index in [0.29, 0.717) is 6.42 Å². The van der Waals surface area contributed by atoms with Crippen molar-refractivity contribution in [1.82, 2.24) is 19.9 Å². The summed E-state index contributed by atoms with van der Waals surface area (Å²) in [5.74, 6) is 0.764. The van der Waals surface area contributed by atoms with Crippen molar-refractivity contribution in [3.05, 3.63) is 72.3 Å². The lowest BCUT2D eigenvalue weighted by molar-refractivity contribution is -0.122. The molecule has 0 aliphatic heterocycles. The summed E-state index contributed by atoms with van der Waals surface area (Å²) in [6.45, 7) is 4.28. The van der Waals surface area contributed by atoms with Gasteiger partial charge in [-0.2, -0.15) is 0 Å². The van der Waals surface area contributed by atoms with E-state index in [2.05, 4.69) is 15.3 Å². The van der Waals surface area contributed by atoms with Crippen molar-refractivity contribution in [3.63, 3.8) is 0 Å². The van der Waals surface area contributed by atoms with E-state index in [4.69, 9.17) is 0 Å². The molecule has 0 radical (unpaired) electrons. The molecule has 3 rings (SSSR count). The van der Waals surface area contributed by atoms with Gasteiger partial charge in [-0.05, 0) is 25.5 Å². The molecular weight excluding hydrogens is 312 g/mol. The van der Waals surface area contributed by atoms with Crippen molar-refractivity contribution >= 4 is 5.91 Å². The first-order valence-electron chi connectivity index (χ1n) is 8.40. The van der Waals surface area contributed by atoms with E-state index in [1.165, 1.54) is 0 Å². The Morgan fingerprint density at radius 1 is 1.12 bits per heavy atom. The number of hydrogen-bond acceptors (Lipinski definition) is 3. The third-order valence-corrected chi connectivity index (χ3v) is 4.09. The zero-order valence-electron chi connectivity index (χ0n) is 14.5. The van der Waals surface area contributed by atoms with Crippen LogP contribution < -0.4 is 5.32 Å². The fourth-order valence-corrected chi connectivity index (χ4v) is 2.83. The number of imidazole rings is 1. The number of benzene rings is 1. The maximum Gasteiger partial charge on any atom is 0.240 e. The molecule has 128 valence electrons. The molecule has 25 heavy (non-hydrogen) atoms. The average molecular weight is 334 g/mol. The smallest absolute Gasteiger partial charge is 0.240 e. The molecule has 0 bridgehead atoms. The van der Waals surface area contributed by atoms with Crippen molar-refractivity contribution in [1.29, 1.82) is 0 Å². The Balaban J connectivity index is 1.62. The van der Waals surface area contributed by atoms with E-state index in [0.717, 1.165) is 22.6 Å². The van der Waals surface area contributed by atoms with Crippen LogP contribution in [0.5, 0.6) is 0 Å². The van der Waals surface area contributed by atoms with Gasteiger partial charge < -0.3 is 9.88 Å². The summed E-state index contributed by atoms with van der Waals surface area (Å²) in [6.07, 6.45) is 6.05. The van der Waals surface area contributed by atoms with Crippen LogP contribution in [0.1, 0.15) is 18.2 Å². The molecule has 0 spiro atoms. The zero-order valence-corrected chi connectivity index (χ0v) is 14.5. The molecule has 0 aliphatic rings. The van der Waals surface area contributed by atoms with E-state index in [-0.39, 0.29) is 18.5 Å². The number of aromatic nitrogens is 3. The Morgan fingerprint density at radius 2 is 1.92 bits per heavy atom. The van der Waals surface area contributed by atoms with Crippen LogP contribution in [0.2, 0.25) is 0 Å². The largest absolute Gasteiger partial charge is 0.352 e. The Morgan fingerprint density at radius 3 is 2.68 bits per heavy atom. The van der Waals surface area contributed by atoms with Gasteiger partial charge in [-0.15, -0.1) is 0 Å². The second-order valence-corrected chi connectivity index (χ2v) is 6.18. The predicted octanol–water partition coefficient (Wildman–Crippen LogP) is 3.00. The van der Waals surface area contributed by atoms with Crippen molar-refractivity contribution in [2.75, 3.05) is 0 Å². The summed E-state index contributed by atoms with van der Waals surface area (Å²) in [6, 6.07) is 13.8. The molecule has 0 saturated heterocycles. The standard InChI is InChI=1S/C20H22N4O/c1-15-7-6-10-21-18(15)13-16(2)23-19(25)14-24-12-11-22-20(24)17-8-4-3-5-9-17/h3-12,16H,13-14H2,1-2H3,(H,23,25). The number of amides is 1. The minimum absolute atomic E-state index is 0.0183. The van der Waals surface area contributed by atoms with Crippen molar-refractivity contribution < 1.29 is 4.79 Å².